The van der Waals surface area contributed by atoms with Gasteiger partial charge in [-0.25, -0.2) is 14.3 Å². The van der Waals surface area contributed by atoms with Crippen molar-refractivity contribution in [3.8, 4) is 0 Å². The second-order valence-electron chi connectivity index (χ2n) is 4.52. The van der Waals surface area contributed by atoms with Gasteiger partial charge in [0.2, 0.25) is 0 Å². The maximum absolute atomic E-state index is 11.5. The molecule has 2 aromatic rings. The van der Waals surface area contributed by atoms with Gasteiger partial charge in [0.05, 0.1) is 12.3 Å². The van der Waals surface area contributed by atoms with Crippen molar-refractivity contribution in [3.05, 3.63) is 53.1 Å². The number of imidazole rings is 1. The highest BCUT2D eigenvalue weighted by atomic mass is 16.5. The molecule has 0 radical (unpaired) electrons. The first kappa shape index (κ1) is 13.3. The van der Waals surface area contributed by atoms with E-state index in [1.54, 1.807) is 13.1 Å². The Bertz CT molecular complexity index is 567. The summed E-state index contributed by atoms with van der Waals surface area (Å²) in [4.78, 5) is 15.8. The fraction of sp³-hybridized carbons (Fsp3) is 0.333. The van der Waals surface area contributed by atoms with E-state index in [-0.39, 0.29) is 6.09 Å². The van der Waals surface area contributed by atoms with Crippen molar-refractivity contribution < 1.29 is 9.53 Å². The number of hydrogen-bond acceptors (Lipinski definition) is 3. The van der Waals surface area contributed by atoms with E-state index < -0.39 is 0 Å². The number of rotatable bonds is 3. The number of benzene rings is 1. The Morgan fingerprint density at radius 3 is 2.63 bits per heavy atom. The average Bonchev–Trinajstić information content (AvgIpc) is 2.83. The summed E-state index contributed by atoms with van der Waals surface area (Å²) in [6, 6.07) is 6.22. The van der Waals surface area contributed by atoms with Gasteiger partial charge in [0.1, 0.15) is 6.33 Å². The second kappa shape index (κ2) is 5.69. The molecule has 0 aliphatic heterocycles. The van der Waals surface area contributed by atoms with Gasteiger partial charge in [-0.2, -0.15) is 0 Å². The van der Waals surface area contributed by atoms with Gasteiger partial charge in [-0.1, -0.05) is 18.2 Å². The van der Waals surface area contributed by atoms with E-state index in [0.29, 0.717) is 6.61 Å². The third-order valence-electron chi connectivity index (χ3n) is 3.12. The topological polar surface area (TPSA) is 44.1 Å². The largest absolute Gasteiger partial charge is 0.449 e. The summed E-state index contributed by atoms with van der Waals surface area (Å²) in [5.74, 6) is 0. The third kappa shape index (κ3) is 3.02. The maximum atomic E-state index is 11.5. The van der Waals surface area contributed by atoms with Crippen molar-refractivity contribution in [3.63, 3.8) is 0 Å². The van der Waals surface area contributed by atoms with Crippen LogP contribution in [0.2, 0.25) is 0 Å². The standard InChI is InChI=1S/C15H18N2O2/c1-4-19-15(18)17-9-13(16-10-17)8-14-11(2)6-5-7-12(14)3/h5-7,9-10H,4,8H2,1-3H3. The lowest BCUT2D eigenvalue weighted by Crippen LogP contribution is -2.11. The SMILES string of the molecule is CCOC(=O)n1cnc(Cc2c(C)cccc2C)c1. The molecule has 2 rings (SSSR count). The molecule has 0 bridgehead atoms. The van der Waals surface area contributed by atoms with E-state index >= 15 is 0 Å². The van der Waals surface area contributed by atoms with Crippen LogP contribution in [0.1, 0.15) is 29.3 Å². The lowest BCUT2D eigenvalue weighted by atomic mass is 9.99. The Balaban J connectivity index is 2.18. The summed E-state index contributed by atoms with van der Waals surface area (Å²) in [5, 5.41) is 0. The van der Waals surface area contributed by atoms with Crippen LogP contribution < -0.4 is 0 Å². The molecule has 0 saturated carbocycles. The Morgan fingerprint density at radius 2 is 2.00 bits per heavy atom. The van der Waals surface area contributed by atoms with Gasteiger partial charge in [-0.05, 0) is 37.5 Å². The molecule has 0 atom stereocenters. The van der Waals surface area contributed by atoms with Gasteiger partial charge < -0.3 is 4.74 Å². The van der Waals surface area contributed by atoms with E-state index in [2.05, 4.69) is 31.0 Å². The Hall–Kier alpha value is -2.10. The molecule has 0 unspecified atom stereocenters. The average molecular weight is 258 g/mol. The number of carbonyl (C=O) groups excluding carboxylic acids is 1. The second-order valence-corrected chi connectivity index (χ2v) is 4.52. The summed E-state index contributed by atoms with van der Waals surface area (Å²) in [7, 11) is 0. The first-order valence-corrected chi connectivity index (χ1v) is 6.37. The van der Waals surface area contributed by atoms with Gasteiger partial charge in [0.15, 0.2) is 0 Å². The van der Waals surface area contributed by atoms with Crippen LogP contribution in [0.3, 0.4) is 0 Å². The van der Waals surface area contributed by atoms with E-state index in [4.69, 9.17) is 4.74 Å². The zero-order valence-electron chi connectivity index (χ0n) is 11.5. The van der Waals surface area contributed by atoms with E-state index in [1.807, 2.05) is 6.07 Å². The van der Waals surface area contributed by atoms with E-state index in [9.17, 15) is 4.79 Å². The van der Waals surface area contributed by atoms with Crippen LogP contribution in [0.4, 0.5) is 4.79 Å². The first-order valence-electron chi connectivity index (χ1n) is 6.37. The van der Waals surface area contributed by atoms with Crippen LogP contribution >= 0.6 is 0 Å². The fourth-order valence-corrected chi connectivity index (χ4v) is 2.06. The molecular formula is C15H18N2O2. The number of aryl methyl sites for hydroxylation is 2. The molecule has 100 valence electrons. The Labute approximate surface area is 113 Å². The predicted octanol–water partition coefficient (Wildman–Crippen LogP) is 3.10. The van der Waals surface area contributed by atoms with Crippen LogP contribution in [-0.2, 0) is 11.2 Å². The predicted molar refractivity (Wildman–Crippen MR) is 73.4 cm³/mol. The minimum Gasteiger partial charge on any atom is -0.449 e. The zero-order valence-corrected chi connectivity index (χ0v) is 11.5. The van der Waals surface area contributed by atoms with E-state index in [1.165, 1.54) is 27.6 Å². The molecule has 0 aliphatic rings. The molecule has 0 amide bonds. The molecule has 19 heavy (non-hydrogen) atoms. The van der Waals surface area contributed by atoms with E-state index in [0.717, 1.165) is 12.1 Å². The van der Waals surface area contributed by atoms with Crippen LogP contribution in [0.25, 0.3) is 0 Å². The highest BCUT2D eigenvalue weighted by Crippen LogP contribution is 2.17. The van der Waals surface area contributed by atoms with Crippen molar-refractivity contribution >= 4 is 6.09 Å². The lowest BCUT2D eigenvalue weighted by molar-refractivity contribution is 0.154. The maximum Gasteiger partial charge on any atom is 0.419 e. The molecule has 0 saturated heterocycles. The minimum atomic E-state index is -0.386. The smallest absolute Gasteiger partial charge is 0.419 e. The van der Waals surface area contributed by atoms with Gasteiger partial charge in [-0.15, -0.1) is 0 Å². The van der Waals surface area contributed by atoms with Crippen molar-refractivity contribution in [2.45, 2.75) is 27.2 Å². The molecule has 1 aromatic carbocycles. The summed E-state index contributed by atoms with van der Waals surface area (Å²) < 4.78 is 6.30. The summed E-state index contributed by atoms with van der Waals surface area (Å²) in [6.07, 6.45) is 3.57. The molecule has 1 aromatic heterocycles. The van der Waals surface area contributed by atoms with Crippen molar-refractivity contribution in [2.75, 3.05) is 6.61 Å². The van der Waals surface area contributed by atoms with Crippen LogP contribution in [0, 0.1) is 13.8 Å². The summed E-state index contributed by atoms with van der Waals surface area (Å²) in [5.41, 5.74) is 4.61. The quantitative estimate of drug-likeness (QED) is 0.849. The number of nitrogens with zero attached hydrogens (tertiary/aromatic N) is 2. The molecule has 4 nitrogen and oxygen atoms in total. The van der Waals surface area contributed by atoms with Gasteiger partial charge in [0, 0.05) is 12.6 Å². The van der Waals surface area contributed by atoms with Crippen LogP contribution in [-0.4, -0.2) is 22.3 Å². The summed E-state index contributed by atoms with van der Waals surface area (Å²) in [6.45, 7) is 6.32. The van der Waals surface area contributed by atoms with Gasteiger partial charge >= 0.3 is 6.09 Å². The highest BCUT2D eigenvalue weighted by Gasteiger charge is 2.09. The highest BCUT2D eigenvalue weighted by molar-refractivity contribution is 5.70. The Morgan fingerprint density at radius 1 is 1.32 bits per heavy atom. The number of aromatic nitrogens is 2. The fourth-order valence-electron chi connectivity index (χ4n) is 2.06. The van der Waals surface area contributed by atoms with Crippen LogP contribution in [0.5, 0.6) is 0 Å². The number of hydrogen-bond donors (Lipinski definition) is 0. The Kier molecular flexibility index (Phi) is 4.00. The lowest BCUT2D eigenvalue weighted by Gasteiger charge is -2.07. The monoisotopic (exact) mass is 258 g/mol. The molecule has 0 aliphatic carbocycles. The minimum absolute atomic E-state index is 0.364. The molecule has 1 heterocycles. The zero-order chi connectivity index (χ0) is 13.8. The van der Waals surface area contributed by atoms with Crippen molar-refractivity contribution in [1.29, 1.82) is 0 Å². The van der Waals surface area contributed by atoms with Gasteiger partial charge in [-0.3, -0.25) is 0 Å². The third-order valence-corrected chi connectivity index (χ3v) is 3.12. The normalized spacial score (nSPS) is 10.5. The molecule has 4 heteroatoms. The summed E-state index contributed by atoms with van der Waals surface area (Å²) >= 11 is 0. The first-order chi connectivity index (χ1) is 9.11. The van der Waals surface area contributed by atoms with Crippen molar-refractivity contribution in [1.82, 2.24) is 9.55 Å². The van der Waals surface area contributed by atoms with Gasteiger partial charge in [0.25, 0.3) is 0 Å². The molecule has 0 spiro atoms. The molecule has 0 N–H and O–H groups in total. The van der Waals surface area contributed by atoms with Crippen molar-refractivity contribution in [2.24, 2.45) is 0 Å². The number of carbonyl (C=O) groups is 1. The number of ether oxygens (including phenoxy) is 1. The molecular weight excluding hydrogens is 240 g/mol. The van der Waals surface area contributed by atoms with Crippen LogP contribution in [0.15, 0.2) is 30.7 Å². The molecule has 0 fully saturated rings.